The third kappa shape index (κ3) is 20.7. The lowest BCUT2D eigenvalue weighted by Gasteiger charge is -2.16. The summed E-state index contributed by atoms with van der Waals surface area (Å²) in [6.45, 7) is 14.7. The molecule has 0 aliphatic rings. The highest BCUT2D eigenvalue weighted by atomic mass is 16.5. The number of unbranched alkanes of at least 4 members (excludes halogenated alkanes) is 2. The van der Waals surface area contributed by atoms with Crippen molar-refractivity contribution in [2.24, 2.45) is 11.8 Å². The molecule has 24 heteroatoms. The van der Waals surface area contributed by atoms with Crippen LogP contribution in [0.4, 0.5) is 0 Å². The molecule has 2 atom stereocenters. The van der Waals surface area contributed by atoms with E-state index in [2.05, 4.69) is 230 Å². The molecule has 0 radical (unpaired) electrons. The molecule has 0 bridgehead atoms. The van der Waals surface area contributed by atoms with E-state index >= 15 is 0 Å². The van der Waals surface area contributed by atoms with Gasteiger partial charge in [0.2, 0.25) is 0 Å². The van der Waals surface area contributed by atoms with Crippen molar-refractivity contribution in [3.8, 4) is 161 Å². The molecule has 718 valence electrons. The predicted octanol–water partition coefficient (Wildman–Crippen LogP) is 28.2. The highest BCUT2D eigenvalue weighted by Gasteiger charge is 2.26. The number of hydrogen-bond donors (Lipinski definition) is 8. The first-order chi connectivity index (χ1) is 70.3. The first-order valence-electron chi connectivity index (χ1n) is 48.8. The first kappa shape index (κ1) is 95.4. The number of hydrogen-bond acceptors (Lipinski definition) is 24. The van der Waals surface area contributed by atoms with Crippen molar-refractivity contribution in [3.63, 3.8) is 0 Å². The maximum Gasteiger partial charge on any atom is 0.320 e. The van der Waals surface area contributed by atoms with Gasteiger partial charge in [-0.3, -0.25) is 0 Å². The Morgan fingerprint density at radius 2 is 0.542 bits per heavy atom. The van der Waals surface area contributed by atoms with Crippen LogP contribution in [0.5, 0.6) is 70.0 Å². The largest absolute Gasteiger partial charge is 0.508 e. The molecule has 0 spiro atoms. The number of phenols is 8. The third-order valence-corrected chi connectivity index (χ3v) is 25.9. The second-order valence-corrected chi connectivity index (χ2v) is 35.8. The van der Waals surface area contributed by atoms with Crippen molar-refractivity contribution in [2.75, 3.05) is 26.4 Å². The van der Waals surface area contributed by atoms with E-state index in [9.17, 15) is 40.9 Å². The van der Waals surface area contributed by atoms with Gasteiger partial charge in [-0.25, -0.2) is 19.9 Å². The average molecular weight is 1910 g/mol. The summed E-state index contributed by atoms with van der Waals surface area (Å²) in [5.41, 5.74) is 4.96. The molecule has 8 N–H and O–H groups in total. The van der Waals surface area contributed by atoms with Gasteiger partial charge in [0.15, 0.2) is 46.6 Å². The lowest BCUT2D eigenvalue weighted by molar-refractivity contribution is 0.217. The van der Waals surface area contributed by atoms with Crippen LogP contribution < -0.4 is 18.9 Å². The van der Waals surface area contributed by atoms with E-state index in [1.807, 2.05) is 86.6 Å². The zero-order chi connectivity index (χ0) is 99.4. The molecule has 22 aromatic rings. The van der Waals surface area contributed by atoms with Crippen molar-refractivity contribution in [2.45, 2.75) is 106 Å². The van der Waals surface area contributed by atoms with Gasteiger partial charge in [-0.05, 0) is 230 Å². The second kappa shape index (κ2) is 43.1. The highest BCUT2D eigenvalue weighted by molar-refractivity contribution is 6.26. The van der Waals surface area contributed by atoms with Crippen LogP contribution in [-0.2, 0) is 0 Å². The Morgan fingerprint density at radius 3 is 1.01 bits per heavy atom. The van der Waals surface area contributed by atoms with Gasteiger partial charge in [0.25, 0.3) is 0 Å². The van der Waals surface area contributed by atoms with Gasteiger partial charge in [0, 0.05) is 46.5 Å². The minimum absolute atomic E-state index is 0.0320. The van der Waals surface area contributed by atoms with Gasteiger partial charge < -0.3 is 59.8 Å². The molecular formula is C120H106N12O12. The molecule has 2 unspecified atom stereocenters. The Labute approximate surface area is 830 Å². The Morgan fingerprint density at radius 1 is 0.215 bits per heavy atom. The minimum atomic E-state index is -0.119. The molecule has 0 saturated carbocycles. The number of rotatable bonds is 28. The molecule has 0 fully saturated rings. The lowest BCUT2D eigenvalue weighted by atomic mass is 9.91. The van der Waals surface area contributed by atoms with Crippen molar-refractivity contribution in [1.82, 2.24) is 59.8 Å². The van der Waals surface area contributed by atoms with E-state index < -0.39 is 0 Å². The van der Waals surface area contributed by atoms with Crippen LogP contribution in [0.2, 0.25) is 0 Å². The van der Waals surface area contributed by atoms with Gasteiger partial charge in [-0.1, -0.05) is 274 Å². The molecule has 18 aromatic carbocycles. The van der Waals surface area contributed by atoms with Crippen LogP contribution >= 0.6 is 0 Å². The molecule has 24 nitrogen and oxygen atoms in total. The van der Waals surface area contributed by atoms with E-state index in [1.165, 1.54) is 75.5 Å². The van der Waals surface area contributed by atoms with Gasteiger partial charge in [0.05, 0.1) is 48.7 Å². The normalized spacial score (nSPS) is 11.8. The summed E-state index contributed by atoms with van der Waals surface area (Å²) in [5.74, 6) is 3.17. The fourth-order valence-corrected chi connectivity index (χ4v) is 18.4. The van der Waals surface area contributed by atoms with Crippen LogP contribution in [0.15, 0.2) is 303 Å². The minimum Gasteiger partial charge on any atom is -0.508 e. The molecule has 4 heterocycles. The Balaban J connectivity index is 0.000000122. The van der Waals surface area contributed by atoms with Gasteiger partial charge in [0.1, 0.15) is 46.0 Å². The maximum atomic E-state index is 10.7. The lowest BCUT2D eigenvalue weighted by Crippen LogP contribution is -2.13. The van der Waals surface area contributed by atoms with Crippen LogP contribution in [0, 0.1) is 11.8 Å². The number of aromatic nitrogens is 12. The quantitative estimate of drug-likeness (QED) is 0.0167. The molecule has 22 rings (SSSR count). The Hall–Kier alpha value is -17.5. The fraction of sp³-hybridized carbons (Fsp3) is 0.183. The Bertz CT molecular complexity index is 8510. The van der Waals surface area contributed by atoms with Crippen molar-refractivity contribution >= 4 is 108 Å². The molecule has 4 aromatic heterocycles. The van der Waals surface area contributed by atoms with Crippen LogP contribution in [0.25, 0.3) is 199 Å². The van der Waals surface area contributed by atoms with E-state index in [4.69, 9.17) is 33.9 Å². The Kier molecular flexibility index (Phi) is 28.5. The van der Waals surface area contributed by atoms with Crippen LogP contribution in [0.1, 0.15) is 106 Å². The van der Waals surface area contributed by atoms with Crippen LogP contribution in [0.3, 0.4) is 0 Å². The zero-order valence-corrected chi connectivity index (χ0v) is 80.5. The number of phenolic OH excluding ortho intramolecular Hbond substituents is 8. The summed E-state index contributed by atoms with van der Waals surface area (Å²) in [4.78, 5) is 55.7. The number of fused-ring (bicyclic) bond motifs is 10. The van der Waals surface area contributed by atoms with Gasteiger partial charge in [-0.15, -0.1) is 0 Å². The summed E-state index contributed by atoms with van der Waals surface area (Å²) in [7, 11) is 0. The van der Waals surface area contributed by atoms with Gasteiger partial charge >= 0.3 is 24.0 Å². The maximum absolute atomic E-state index is 10.7. The summed E-state index contributed by atoms with van der Waals surface area (Å²) in [6.07, 6.45) is 10.4. The summed E-state index contributed by atoms with van der Waals surface area (Å²) in [6, 6.07) is 97.4. The monoisotopic (exact) mass is 1910 g/mol. The summed E-state index contributed by atoms with van der Waals surface area (Å²) < 4.78 is 23.9. The van der Waals surface area contributed by atoms with Gasteiger partial charge in [-0.2, -0.15) is 39.9 Å². The number of benzene rings is 18. The molecule has 0 aliphatic heterocycles. The van der Waals surface area contributed by atoms with E-state index in [0.29, 0.717) is 83.8 Å². The predicted molar refractivity (Wildman–Crippen MR) is 572 cm³/mol. The van der Waals surface area contributed by atoms with Crippen molar-refractivity contribution in [1.29, 1.82) is 0 Å². The molecule has 0 aliphatic carbocycles. The topological polar surface area (TPSA) is 353 Å². The third-order valence-electron chi connectivity index (χ3n) is 25.9. The smallest absolute Gasteiger partial charge is 0.320 e. The molecular weight excluding hydrogens is 1800 g/mol. The zero-order valence-electron chi connectivity index (χ0n) is 80.5. The number of ether oxygens (including phenoxy) is 4. The summed E-state index contributed by atoms with van der Waals surface area (Å²) in [5, 5.41) is 104. The van der Waals surface area contributed by atoms with Crippen LogP contribution in [-0.4, -0.2) is 127 Å². The fourth-order valence-electron chi connectivity index (χ4n) is 18.4. The van der Waals surface area contributed by atoms with Crippen molar-refractivity contribution in [3.05, 3.63) is 303 Å². The van der Waals surface area contributed by atoms with E-state index in [0.717, 1.165) is 167 Å². The average Bonchev–Trinajstić information content (AvgIpc) is 0.737. The molecule has 0 saturated heterocycles. The SMILES string of the molecule is CCCCC(CC)COc1nc(-c2ccc(O)cc2O)nc(-c2cc3c4ccccc4ccc3c3ccccc23)n1.CCCCC(CC)COc1nc(-c2ccc3cc4ccccc4cc3c2)nc(-c2ccc(O)cc2O)n1.CCCOc1nc(-c2ccc(O)cc2O)nc(-c2cc3cccc4ccc5cccc2c5c43)n1.CCCOc1nc(-c2ccc(O)cc2O)nc(-c2cc3ccccc3c3ccccc23)n1. The van der Waals surface area contributed by atoms with E-state index in [1.54, 1.807) is 24.3 Å². The highest BCUT2D eigenvalue weighted by Crippen LogP contribution is 2.46. The number of aromatic hydroxyl groups is 8. The summed E-state index contributed by atoms with van der Waals surface area (Å²) >= 11 is 0. The van der Waals surface area contributed by atoms with E-state index in [-0.39, 0.29) is 93.3 Å². The number of nitrogens with zero attached hydrogens (tertiary/aromatic N) is 12. The standard InChI is InChI=1S/C35H33N3O3.C31H31N3O3.C28H21N3O3.C26H21N3O3/c1-3-5-10-22(4-2)21-41-35-37-33(29-18-16-24(39)19-32(29)40)36-34(38-35)31-20-30-25-12-7-6-11-23(25)15-17-28(30)26-13-8-9-14-27(26)31;1-3-5-8-20(4-2)19-37-31-33-29(32-30(34-31)27-14-13-26(35)18-28(27)36)24-12-11-23-15-21-9-6-7-10-22(21)16-25(23)17-24;1-2-13-34-28-30-26(21-12-11-19(32)15-23(21)33)29-27(31-28)22-14-18-7-3-5-16-9-10-17-6-4-8-20(22)25(17)24(16)18;1-2-13-32-26-28-24(21-12-11-17(30)15-23(21)31)27-25(29-26)22-14-16-7-3-4-8-18(16)19-9-5-6-10-20(19)22/h6-9,11-20,22,39-40H,3-5,10,21H2,1-2H3;6-7,9-18,20,35-36H,3-5,8,19H2,1-2H3;3-12,14-15,32-33H,2,13H2,1H3;3-12,14-15,30-31H,2,13H2,1H3. The first-order valence-corrected chi connectivity index (χ1v) is 48.8. The molecule has 0 amide bonds. The second-order valence-electron chi connectivity index (χ2n) is 35.8. The van der Waals surface area contributed by atoms with Crippen molar-refractivity contribution < 1.29 is 59.8 Å². The molecule has 144 heavy (non-hydrogen) atoms.